The molecule has 0 bridgehead atoms. The number of hydrogen-bond donors (Lipinski definition) is 0. The lowest BCUT2D eigenvalue weighted by atomic mass is 10.0. The highest BCUT2D eigenvalue weighted by atomic mass is 16.6. The normalized spacial score (nSPS) is 19.1. The summed E-state index contributed by atoms with van der Waals surface area (Å²) in [5, 5.41) is 0. The third-order valence-electron chi connectivity index (χ3n) is 3.99. The van der Waals surface area contributed by atoms with Crippen molar-refractivity contribution >= 4 is 11.9 Å². The molecule has 0 saturated carbocycles. The maximum Gasteiger partial charge on any atom is 0.417 e. The standard InChI is InChI=1S/C15H27NO4/c1-4-12(2)13(3)20-15(18)14(17)19-11-10-16-8-6-5-7-9-16/h12-13H,4-11H2,1-3H3/t12?,13-/m1/s1. The molecule has 5 heteroatoms. The van der Waals surface area contributed by atoms with Crippen LogP contribution >= 0.6 is 0 Å². The fraction of sp³-hybridized carbons (Fsp3) is 0.867. The van der Waals surface area contributed by atoms with Gasteiger partial charge in [-0.3, -0.25) is 4.90 Å². The monoisotopic (exact) mass is 285 g/mol. The van der Waals surface area contributed by atoms with Gasteiger partial charge in [0, 0.05) is 6.54 Å². The number of rotatable bonds is 6. The van der Waals surface area contributed by atoms with Crippen LogP contribution in [0.1, 0.15) is 46.5 Å². The van der Waals surface area contributed by atoms with Gasteiger partial charge in [0.25, 0.3) is 0 Å². The van der Waals surface area contributed by atoms with Crippen LogP contribution in [0.2, 0.25) is 0 Å². The Morgan fingerprint density at radius 3 is 2.35 bits per heavy atom. The number of hydrogen-bond acceptors (Lipinski definition) is 5. The fourth-order valence-corrected chi connectivity index (χ4v) is 2.17. The molecule has 1 heterocycles. The quantitative estimate of drug-likeness (QED) is 0.552. The zero-order valence-corrected chi connectivity index (χ0v) is 12.9. The van der Waals surface area contributed by atoms with E-state index in [9.17, 15) is 9.59 Å². The lowest BCUT2D eigenvalue weighted by Gasteiger charge is -2.25. The zero-order chi connectivity index (χ0) is 15.0. The first-order valence-electron chi connectivity index (χ1n) is 7.64. The van der Waals surface area contributed by atoms with Crippen LogP contribution in [0.3, 0.4) is 0 Å². The van der Waals surface area contributed by atoms with Crippen molar-refractivity contribution in [2.75, 3.05) is 26.2 Å². The van der Waals surface area contributed by atoms with E-state index in [-0.39, 0.29) is 18.6 Å². The maximum atomic E-state index is 11.5. The Kier molecular flexibility index (Phi) is 7.59. The zero-order valence-electron chi connectivity index (χ0n) is 12.9. The molecule has 0 aromatic heterocycles. The molecule has 1 aliphatic rings. The van der Waals surface area contributed by atoms with Gasteiger partial charge in [-0.1, -0.05) is 26.7 Å². The highest BCUT2D eigenvalue weighted by Crippen LogP contribution is 2.11. The molecule has 1 rings (SSSR count). The smallest absolute Gasteiger partial charge is 0.417 e. The average molecular weight is 285 g/mol. The molecular weight excluding hydrogens is 258 g/mol. The Labute approximate surface area is 121 Å². The average Bonchev–Trinajstić information content (AvgIpc) is 2.47. The topological polar surface area (TPSA) is 55.8 Å². The number of carbonyl (C=O) groups is 2. The minimum atomic E-state index is -0.878. The Morgan fingerprint density at radius 1 is 1.10 bits per heavy atom. The summed E-state index contributed by atoms with van der Waals surface area (Å²) in [6.07, 6.45) is 4.31. The molecule has 116 valence electrons. The Bertz CT molecular complexity index is 313. The number of nitrogens with zero attached hydrogens (tertiary/aromatic N) is 1. The van der Waals surface area contributed by atoms with Crippen LogP contribution in [0.15, 0.2) is 0 Å². The Hall–Kier alpha value is -1.10. The van der Waals surface area contributed by atoms with Crippen molar-refractivity contribution in [3.8, 4) is 0 Å². The molecule has 0 spiro atoms. The maximum absolute atomic E-state index is 11.5. The highest BCUT2D eigenvalue weighted by molar-refractivity contribution is 6.29. The summed E-state index contributed by atoms with van der Waals surface area (Å²) in [6, 6.07) is 0. The van der Waals surface area contributed by atoms with E-state index in [4.69, 9.17) is 9.47 Å². The first kappa shape index (κ1) is 17.0. The second-order valence-corrected chi connectivity index (χ2v) is 5.53. The summed E-state index contributed by atoms with van der Waals surface area (Å²) in [5.41, 5.74) is 0. The second-order valence-electron chi connectivity index (χ2n) is 5.53. The van der Waals surface area contributed by atoms with Gasteiger partial charge in [0.2, 0.25) is 0 Å². The van der Waals surface area contributed by atoms with Gasteiger partial charge < -0.3 is 9.47 Å². The van der Waals surface area contributed by atoms with E-state index in [1.807, 2.05) is 13.8 Å². The van der Waals surface area contributed by atoms with Crippen LogP contribution < -0.4 is 0 Å². The molecule has 2 atom stereocenters. The van der Waals surface area contributed by atoms with Gasteiger partial charge in [0.05, 0.1) is 0 Å². The van der Waals surface area contributed by atoms with Gasteiger partial charge in [-0.15, -0.1) is 0 Å². The lowest BCUT2D eigenvalue weighted by molar-refractivity contribution is -0.172. The van der Waals surface area contributed by atoms with Gasteiger partial charge in [-0.05, 0) is 38.8 Å². The molecule has 0 aromatic carbocycles. The van der Waals surface area contributed by atoms with E-state index in [0.29, 0.717) is 6.54 Å². The van der Waals surface area contributed by atoms with E-state index in [2.05, 4.69) is 4.90 Å². The van der Waals surface area contributed by atoms with Crippen molar-refractivity contribution in [2.45, 2.75) is 52.6 Å². The molecule has 20 heavy (non-hydrogen) atoms. The second kappa shape index (κ2) is 8.95. The van der Waals surface area contributed by atoms with Gasteiger partial charge in [-0.25, -0.2) is 9.59 Å². The molecule has 1 aliphatic heterocycles. The summed E-state index contributed by atoms with van der Waals surface area (Å²) in [7, 11) is 0. The van der Waals surface area contributed by atoms with Gasteiger partial charge in [0.1, 0.15) is 12.7 Å². The van der Waals surface area contributed by atoms with E-state index in [1.54, 1.807) is 6.92 Å². The lowest BCUT2D eigenvalue weighted by Crippen LogP contribution is -2.34. The number of carbonyl (C=O) groups excluding carboxylic acids is 2. The predicted octanol–water partition coefficient (Wildman–Crippen LogP) is 1.99. The van der Waals surface area contributed by atoms with Crippen molar-refractivity contribution in [1.82, 2.24) is 4.90 Å². The van der Waals surface area contributed by atoms with Gasteiger partial charge in [-0.2, -0.15) is 0 Å². The summed E-state index contributed by atoms with van der Waals surface area (Å²) in [5.74, 6) is -1.52. The van der Waals surface area contributed by atoms with Crippen LogP contribution in [-0.4, -0.2) is 49.2 Å². The third-order valence-corrected chi connectivity index (χ3v) is 3.99. The van der Waals surface area contributed by atoms with Gasteiger partial charge >= 0.3 is 11.9 Å². The number of likely N-dealkylation sites (tertiary alicyclic amines) is 1. The van der Waals surface area contributed by atoms with E-state index >= 15 is 0 Å². The van der Waals surface area contributed by atoms with Crippen molar-refractivity contribution in [3.63, 3.8) is 0 Å². The Morgan fingerprint density at radius 2 is 1.75 bits per heavy atom. The number of ether oxygens (including phenoxy) is 2. The van der Waals surface area contributed by atoms with Crippen molar-refractivity contribution in [2.24, 2.45) is 5.92 Å². The van der Waals surface area contributed by atoms with Gasteiger partial charge in [0.15, 0.2) is 0 Å². The third kappa shape index (κ3) is 5.90. The van der Waals surface area contributed by atoms with E-state index < -0.39 is 11.9 Å². The van der Waals surface area contributed by atoms with Crippen LogP contribution in [0.5, 0.6) is 0 Å². The summed E-state index contributed by atoms with van der Waals surface area (Å²) < 4.78 is 10.0. The van der Waals surface area contributed by atoms with E-state index in [1.165, 1.54) is 19.3 Å². The van der Waals surface area contributed by atoms with Crippen molar-refractivity contribution in [3.05, 3.63) is 0 Å². The summed E-state index contributed by atoms with van der Waals surface area (Å²) in [6.45, 7) is 8.85. The van der Waals surface area contributed by atoms with Crippen LogP contribution in [-0.2, 0) is 19.1 Å². The SMILES string of the molecule is CCC(C)[C@@H](C)OC(=O)C(=O)OCCN1CCCCC1. The van der Waals surface area contributed by atoms with Crippen molar-refractivity contribution < 1.29 is 19.1 Å². The summed E-state index contributed by atoms with van der Waals surface area (Å²) >= 11 is 0. The molecule has 1 saturated heterocycles. The molecule has 0 aliphatic carbocycles. The van der Waals surface area contributed by atoms with Crippen LogP contribution in [0.25, 0.3) is 0 Å². The van der Waals surface area contributed by atoms with Crippen LogP contribution in [0, 0.1) is 5.92 Å². The largest absolute Gasteiger partial charge is 0.456 e. The molecule has 0 amide bonds. The molecular formula is C15H27NO4. The summed E-state index contributed by atoms with van der Waals surface area (Å²) in [4.78, 5) is 25.3. The molecule has 1 unspecified atom stereocenters. The first-order chi connectivity index (χ1) is 9.54. The highest BCUT2D eigenvalue weighted by Gasteiger charge is 2.23. The fourth-order valence-electron chi connectivity index (χ4n) is 2.17. The van der Waals surface area contributed by atoms with E-state index in [0.717, 1.165) is 19.5 Å². The molecule has 0 aromatic rings. The first-order valence-corrected chi connectivity index (χ1v) is 7.64. The number of esters is 2. The molecule has 5 nitrogen and oxygen atoms in total. The number of piperidine rings is 1. The van der Waals surface area contributed by atoms with Crippen molar-refractivity contribution in [1.29, 1.82) is 0 Å². The molecule has 1 fully saturated rings. The minimum Gasteiger partial charge on any atom is -0.456 e. The molecule has 0 N–H and O–H groups in total. The molecule has 0 radical (unpaired) electrons. The van der Waals surface area contributed by atoms with Crippen LogP contribution in [0.4, 0.5) is 0 Å². The Balaban J connectivity index is 2.19. The minimum absolute atomic E-state index is 0.236. The predicted molar refractivity (Wildman–Crippen MR) is 76.3 cm³/mol.